The van der Waals surface area contributed by atoms with E-state index in [9.17, 15) is 0 Å². The molecular formula is C15H19ClN2S. The maximum Gasteiger partial charge on any atom is 0.0992 e. The topological polar surface area (TPSA) is 35.8 Å². The zero-order valence-corrected chi connectivity index (χ0v) is 12.8. The van der Waals surface area contributed by atoms with Crippen LogP contribution >= 0.6 is 23.4 Å². The first-order valence-electron chi connectivity index (χ1n) is 6.68. The van der Waals surface area contributed by atoms with Gasteiger partial charge in [0.15, 0.2) is 0 Å². The molecule has 1 N–H and O–H groups in total. The number of nitrogens with one attached hydrogen (secondary N) is 1. The van der Waals surface area contributed by atoms with E-state index in [4.69, 9.17) is 16.9 Å². The molecule has 0 saturated heterocycles. The molecule has 0 heterocycles. The molecule has 1 aliphatic rings. The van der Waals surface area contributed by atoms with Gasteiger partial charge in [0, 0.05) is 11.3 Å². The van der Waals surface area contributed by atoms with Crippen molar-refractivity contribution < 1.29 is 0 Å². The van der Waals surface area contributed by atoms with Crippen molar-refractivity contribution in [2.24, 2.45) is 0 Å². The summed E-state index contributed by atoms with van der Waals surface area (Å²) in [6.07, 6.45) is 8.75. The van der Waals surface area contributed by atoms with Crippen molar-refractivity contribution in [3.8, 4) is 6.07 Å². The zero-order valence-electron chi connectivity index (χ0n) is 11.2. The van der Waals surface area contributed by atoms with Gasteiger partial charge in [-0.2, -0.15) is 17.0 Å². The van der Waals surface area contributed by atoms with Crippen LogP contribution in [0.3, 0.4) is 0 Å². The molecule has 2 nitrogen and oxygen atoms in total. The highest BCUT2D eigenvalue weighted by Gasteiger charge is 2.30. The van der Waals surface area contributed by atoms with Crippen LogP contribution in [0.4, 0.5) is 5.69 Å². The van der Waals surface area contributed by atoms with E-state index in [2.05, 4.69) is 17.6 Å². The summed E-state index contributed by atoms with van der Waals surface area (Å²) >= 11 is 8.16. The second kappa shape index (κ2) is 6.54. The monoisotopic (exact) mass is 294 g/mol. The molecule has 1 fully saturated rings. The van der Waals surface area contributed by atoms with E-state index in [1.54, 1.807) is 12.1 Å². The maximum absolute atomic E-state index is 8.83. The quantitative estimate of drug-likeness (QED) is 0.875. The fourth-order valence-corrected chi connectivity index (χ4v) is 3.79. The van der Waals surface area contributed by atoms with Crippen LogP contribution < -0.4 is 5.32 Å². The molecule has 19 heavy (non-hydrogen) atoms. The van der Waals surface area contributed by atoms with Gasteiger partial charge >= 0.3 is 0 Å². The van der Waals surface area contributed by atoms with Crippen LogP contribution in [-0.4, -0.2) is 17.5 Å². The lowest BCUT2D eigenvalue weighted by molar-refractivity contribution is 0.411. The van der Waals surface area contributed by atoms with Crippen LogP contribution in [-0.2, 0) is 0 Å². The van der Waals surface area contributed by atoms with Crippen molar-refractivity contribution >= 4 is 29.1 Å². The molecule has 102 valence electrons. The highest BCUT2D eigenvalue weighted by Crippen LogP contribution is 2.39. The van der Waals surface area contributed by atoms with E-state index >= 15 is 0 Å². The number of nitriles is 1. The van der Waals surface area contributed by atoms with E-state index < -0.39 is 0 Å². The molecule has 1 aromatic carbocycles. The van der Waals surface area contributed by atoms with E-state index in [-0.39, 0.29) is 0 Å². The molecule has 0 bridgehead atoms. The second-order valence-corrected chi connectivity index (χ2v) is 6.79. The van der Waals surface area contributed by atoms with Crippen LogP contribution in [0.15, 0.2) is 18.2 Å². The van der Waals surface area contributed by atoms with Gasteiger partial charge in [0.25, 0.3) is 0 Å². The molecule has 4 heteroatoms. The zero-order chi connectivity index (χ0) is 13.7. The summed E-state index contributed by atoms with van der Waals surface area (Å²) in [4.78, 5) is 0. The summed E-state index contributed by atoms with van der Waals surface area (Å²) in [6, 6.07) is 7.53. The minimum absolute atomic E-state index is 0.343. The first kappa shape index (κ1) is 14.6. The summed E-state index contributed by atoms with van der Waals surface area (Å²) in [5.41, 5.74) is 1.53. The lowest BCUT2D eigenvalue weighted by atomic mass is 9.88. The average molecular weight is 295 g/mol. The first-order valence-corrected chi connectivity index (χ1v) is 8.28. The smallest absolute Gasteiger partial charge is 0.0992 e. The number of benzene rings is 1. The van der Waals surface area contributed by atoms with Crippen molar-refractivity contribution in [1.82, 2.24) is 0 Å². The summed E-state index contributed by atoms with van der Waals surface area (Å²) in [6.45, 7) is 0.944. The molecule has 0 unspecified atom stereocenters. The fourth-order valence-electron chi connectivity index (χ4n) is 2.63. The predicted octanol–water partition coefficient (Wildman–Crippen LogP) is 4.69. The Hall–Kier alpha value is -0.850. The SMILES string of the molecule is CSC1(CNc2ccc(C#N)cc2Cl)CCCCC1. The van der Waals surface area contributed by atoms with Gasteiger partial charge in [-0.05, 0) is 37.3 Å². The third kappa shape index (κ3) is 3.58. The number of hydrogen-bond acceptors (Lipinski definition) is 3. The van der Waals surface area contributed by atoms with Gasteiger partial charge < -0.3 is 5.32 Å². The Bertz CT molecular complexity index is 476. The van der Waals surface area contributed by atoms with Crippen LogP contribution in [0, 0.1) is 11.3 Å². The van der Waals surface area contributed by atoms with Crippen LogP contribution in [0.1, 0.15) is 37.7 Å². The van der Waals surface area contributed by atoms with Crippen molar-refractivity contribution in [2.45, 2.75) is 36.9 Å². The Balaban J connectivity index is 2.03. The molecule has 0 amide bonds. The van der Waals surface area contributed by atoms with Crippen molar-refractivity contribution in [3.63, 3.8) is 0 Å². The van der Waals surface area contributed by atoms with E-state index in [1.807, 2.05) is 17.8 Å². The highest BCUT2D eigenvalue weighted by molar-refractivity contribution is 8.00. The molecule has 0 atom stereocenters. The summed E-state index contributed by atoms with van der Waals surface area (Å²) in [7, 11) is 0. The molecule has 0 radical (unpaired) electrons. The molecule has 1 aromatic rings. The first-order chi connectivity index (χ1) is 9.19. The molecule has 1 saturated carbocycles. The number of rotatable bonds is 4. The Morgan fingerprint density at radius 2 is 2.11 bits per heavy atom. The molecular weight excluding hydrogens is 276 g/mol. The normalized spacial score (nSPS) is 17.7. The number of hydrogen-bond donors (Lipinski definition) is 1. The standard InChI is InChI=1S/C15H19ClN2S/c1-19-15(7-3-2-4-8-15)11-18-14-6-5-12(10-17)9-13(14)16/h5-6,9,18H,2-4,7-8,11H2,1H3. The third-order valence-corrected chi connectivity index (χ3v) is 5.63. The summed E-state index contributed by atoms with van der Waals surface area (Å²) in [5.74, 6) is 0. The van der Waals surface area contributed by atoms with Crippen LogP contribution in [0.25, 0.3) is 0 Å². The number of thioether (sulfide) groups is 1. The van der Waals surface area contributed by atoms with Gasteiger partial charge in [-0.1, -0.05) is 30.9 Å². The summed E-state index contributed by atoms with van der Waals surface area (Å²) in [5, 5.41) is 12.9. The van der Waals surface area contributed by atoms with Gasteiger partial charge in [0.1, 0.15) is 0 Å². The molecule has 1 aliphatic carbocycles. The van der Waals surface area contributed by atoms with E-state index in [0.717, 1.165) is 12.2 Å². The number of halogens is 1. The average Bonchev–Trinajstić information content (AvgIpc) is 2.47. The van der Waals surface area contributed by atoms with Gasteiger partial charge in [-0.25, -0.2) is 0 Å². The number of anilines is 1. The molecule has 0 aliphatic heterocycles. The Morgan fingerprint density at radius 1 is 1.37 bits per heavy atom. The van der Waals surface area contributed by atoms with Gasteiger partial charge in [-0.3, -0.25) is 0 Å². The summed E-state index contributed by atoms with van der Waals surface area (Å²) < 4.78 is 0.343. The number of nitrogens with zero attached hydrogens (tertiary/aromatic N) is 1. The Morgan fingerprint density at radius 3 is 2.68 bits per heavy atom. The van der Waals surface area contributed by atoms with Gasteiger partial charge in [0.2, 0.25) is 0 Å². The molecule has 0 aromatic heterocycles. The second-order valence-electron chi connectivity index (χ2n) is 5.11. The van der Waals surface area contributed by atoms with Crippen LogP contribution in [0.2, 0.25) is 5.02 Å². The Labute approximate surface area is 124 Å². The van der Waals surface area contributed by atoms with E-state index in [0.29, 0.717) is 15.3 Å². The predicted molar refractivity (Wildman–Crippen MR) is 84.0 cm³/mol. The van der Waals surface area contributed by atoms with Gasteiger partial charge in [-0.15, -0.1) is 0 Å². The minimum atomic E-state index is 0.343. The largest absolute Gasteiger partial charge is 0.382 e. The van der Waals surface area contributed by atoms with Crippen molar-refractivity contribution in [3.05, 3.63) is 28.8 Å². The Kier molecular flexibility index (Phi) is 5.01. The maximum atomic E-state index is 8.83. The van der Waals surface area contributed by atoms with Crippen molar-refractivity contribution in [2.75, 3.05) is 18.1 Å². The minimum Gasteiger partial charge on any atom is -0.382 e. The van der Waals surface area contributed by atoms with Crippen molar-refractivity contribution in [1.29, 1.82) is 5.26 Å². The van der Waals surface area contributed by atoms with Gasteiger partial charge in [0.05, 0.1) is 22.3 Å². The fraction of sp³-hybridized carbons (Fsp3) is 0.533. The molecule has 2 rings (SSSR count). The van der Waals surface area contributed by atoms with Crippen LogP contribution in [0.5, 0.6) is 0 Å². The third-order valence-electron chi connectivity index (χ3n) is 3.90. The molecule has 0 spiro atoms. The highest BCUT2D eigenvalue weighted by atomic mass is 35.5. The van der Waals surface area contributed by atoms with E-state index in [1.165, 1.54) is 32.1 Å². The lowest BCUT2D eigenvalue weighted by Crippen LogP contribution is -2.35. The lowest BCUT2D eigenvalue weighted by Gasteiger charge is -2.36.